The van der Waals surface area contributed by atoms with Gasteiger partial charge in [-0.2, -0.15) is 12.7 Å². The number of nitrogens with zero attached hydrogens (tertiary/aromatic N) is 2. The Bertz CT molecular complexity index is 834. The second-order valence-corrected chi connectivity index (χ2v) is 7.75. The van der Waals surface area contributed by atoms with Gasteiger partial charge in [0.15, 0.2) is 0 Å². The Morgan fingerprint density at radius 3 is 2.12 bits per heavy atom. The molecule has 0 radical (unpaired) electrons. The lowest BCUT2D eigenvalue weighted by atomic mass is 10.2. The molecule has 25 heavy (non-hydrogen) atoms. The molecular weight excluding hydrogens is 345 g/mol. The molecule has 134 valence electrons. The summed E-state index contributed by atoms with van der Waals surface area (Å²) in [4.78, 5) is 12.3. The molecule has 0 aliphatic rings. The minimum atomic E-state index is -3.92. The number of hydrogen-bond acceptors (Lipinski definition) is 3. The summed E-state index contributed by atoms with van der Waals surface area (Å²) in [5.41, 5.74) is 1.81. The SMILES string of the molecule is Cc1ccc(NC(=O)CN(c2ccc(F)cc2)S(=O)(=O)N(C)C)cc1. The number of amides is 1. The third-order valence-corrected chi connectivity index (χ3v) is 5.30. The molecule has 1 N–H and O–H groups in total. The average Bonchev–Trinajstić information content (AvgIpc) is 2.55. The van der Waals surface area contributed by atoms with Gasteiger partial charge in [-0.3, -0.25) is 4.79 Å². The number of carbonyl (C=O) groups is 1. The molecule has 8 heteroatoms. The topological polar surface area (TPSA) is 69.7 Å². The van der Waals surface area contributed by atoms with E-state index in [0.717, 1.165) is 26.3 Å². The summed E-state index contributed by atoms with van der Waals surface area (Å²) in [6.45, 7) is 1.49. The van der Waals surface area contributed by atoms with Crippen LogP contribution in [0.3, 0.4) is 0 Å². The quantitative estimate of drug-likeness (QED) is 0.855. The fourth-order valence-corrected chi connectivity index (χ4v) is 3.14. The number of aryl methyl sites for hydroxylation is 1. The monoisotopic (exact) mass is 365 g/mol. The van der Waals surface area contributed by atoms with E-state index in [-0.39, 0.29) is 5.69 Å². The van der Waals surface area contributed by atoms with Crippen molar-refractivity contribution in [3.8, 4) is 0 Å². The van der Waals surface area contributed by atoms with Crippen molar-refractivity contribution < 1.29 is 17.6 Å². The number of benzene rings is 2. The first-order valence-electron chi connectivity index (χ1n) is 7.52. The summed E-state index contributed by atoms with van der Waals surface area (Å²) in [5, 5.41) is 2.65. The fourth-order valence-electron chi connectivity index (χ4n) is 2.08. The second-order valence-electron chi connectivity index (χ2n) is 5.69. The van der Waals surface area contributed by atoms with Gasteiger partial charge >= 0.3 is 10.2 Å². The summed E-state index contributed by atoms with van der Waals surface area (Å²) in [7, 11) is -1.19. The molecule has 0 saturated carbocycles. The minimum absolute atomic E-state index is 0.203. The number of anilines is 2. The second kappa shape index (κ2) is 7.62. The van der Waals surface area contributed by atoms with Crippen molar-refractivity contribution in [1.29, 1.82) is 0 Å². The lowest BCUT2D eigenvalue weighted by Crippen LogP contribution is -2.44. The van der Waals surface area contributed by atoms with Crippen LogP contribution in [0.5, 0.6) is 0 Å². The normalized spacial score (nSPS) is 11.4. The summed E-state index contributed by atoms with van der Waals surface area (Å²) >= 11 is 0. The molecule has 2 aromatic rings. The predicted molar refractivity (Wildman–Crippen MR) is 96.2 cm³/mol. The molecule has 0 aromatic heterocycles. The van der Waals surface area contributed by atoms with Crippen LogP contribution < -0.4 is 9.62 Å². The zero-order valence-corrected chi connectivity index (χ0v) is 15.0. The molecule has 0 spiro atoms. The Hall–Kier alpha value is -2.45. The van der Waals surface area contributed by atoms with Gasteiger partial charge in [0, 0.05) is 19.8 Å². The van der Waals surface area contributed by atoms with E-state index in [0.29, 0.717) is 5.69 Å². The van der Waals surface area contributed by atoms with Crippen LogP contribution in [-0.4, -0.2) is 39.3 Å². The Labute approximate surface area is 147 Å². The molecule has 0 aliphatic heterocycles. The van der Waals surface area contributed by atoms with Crippen molar-refractivity contribution in [2.24, 2.45) is 0 Å². The molecule has 6 nitrogen and oxygen atoms in total. The van der Waals surface area contributed by atoms with Crippen molar-refractivity contribution in [3.63, 3.8) is 0 Å². The standard InChI is InChI=1S/C17H20FN3O3S/c1-13-4-8-15(9-5-13)19-17(22)12-21(25(23,24)20(2)3)16-10-6-14(18)7-11-16/h4-11H,12H2,1-3H3,(H,19,22). The van der Waals surface area contributed by atoms with Gasteiger partial charge in [0.1, 0.15) is 12.4 Å². The molecule has 0 heterocycles. The van der Waals surface area contributed by atoms with E-state index < -0.39 is 28.5 Å². The molecule has 2 rings (SSSR count). The molecule has 0 bridgehead atoms. The highest BCUT2D eigenvalue weighted by molar-refractivity contribution is 7.90. The van der Waals surface area contributed by atoms with Crippen molar-refractivity contribution in [2.45, 2.75) is 6.92 Å². The van der Waals surface area contributed by atoms with E-state index in [9.17, 15) is 17.6 Å². The van der Waals surface area contributed by atoms with Gasteiger partial charge < -0.3 is 5.32 Å². The third-order valence-electron chi connectivity index (χ3n) is 3.48. The molecule has 0 atom stereocenters. The third kappa shape index (κ3) is 4.77. The van der Waals surface area contributed by atoms with Gasteiger partial charge in [-0.15, -0.1) is 0 Å². The largest absolute Gasteiger partial charge is 0.325 e. The number of hydrogen-bond donors (Lipinski definition) is 1. The fraction of sp³-hybridized carbons (Fsp3) is 0.235. The maximum Gasteiger partial charge on any atom is 0.304 e. The van der Waals surface area contributed by atoms with Crippen LogP contribution in [0.25, 0.3) is 0 Å². The molecule has 0 saturated heterocycles. The average molecular weight is 365 g/mol. The molecule has 1 amide bonds. The van der Waals surface area contributed by atoms with E-state index in [2.05, 4.69) is 5.32 Å². The van der Waals surface area contributed by atoms with Gasteiger partial charge in [-0.05, 0) is 43.3 Å². The van der Waals surface area contributed by atoms with E-state index in [4.69, 9.17) is 0 Å². The van der Waals surface area contributed by atoms with Crippen molar-refractivity contribution in [2.75, 3.05) is 30.3 Å². The van der Waals surface area contributed by atoms with Crippen LogP contribution in [-0.2, 0) is 15.0 Å². The first kappa shape index (κ1) is 18.9. The van der Waals surface area contributed by atoms with Crippen molar-refractivity contribution >= 4 is 27.5 Å². The summed E-state index contributed by atoms with van der Waals surface area (Å²) in [6.07, 6.45) is 0. The van der Waals surface area contributed by atoms with Gasteiger partial charge in [0.05, 0.1) is 5.69 Å². The highest BCUT2D eigenvalue weighted by Crippen LogP contribution is 2.20. The lowest BCUT2D eigenvalue weighted by molar-refractivity contribution is -0.114. The highest BCUT2D eigenvalue weighted by Gasteiger charge is 2.27. The summed E-state index contributed by atoms with van der Waals surface area (Å²) in [6, 6.07) is 12.1. The zero-order chi connectivity index (χ0) is 18.6. The first-order chi connectivity index (χ1) is 11.7. The van der Waals surface area contributed by atoms with Crippen molar-refractivity contribution in [3.05, 3.63) is 59.9 Å². The smallest absolute Gasteiger partial charge is 0.304 e. The maximum absolute atomic E-state index is 13.1. The Morgan fingerprint density at radius 1 is 1.04 bits per heavy atom. The maximum atomic E-state index is 13.1. The van der Waals surface area contributed by atoms with Crippen LogP contribution in [0.1, 0.15) is 5.56 Å². The Kier molecular flexibility index (Phi) is 5.76. The highest BCUT2D eigenvalue weighted by atomic mass is 32.2. The zero-order valence-electron chi connectivity index (χ0n) is 14.2. The number of rotatable bonds is 6. The van der Waals surface area contributed by atoms with Crippen LogP contribution >= 0.6 is 0 Å². The predicted octanol–water partition coefficient (Wildman–Crippen LogP) is 2.39. The van der Waals surface area contributed by atoms with Gasteiger partial charge in [-0.25, -0.2) is 8.70 Å². The molecule has 0 aliphatic carbocycles. The summed E-state index contributed by atoms with van der Waals surface area (Å²) in [5.74, 6) is -0.992. The molecule has 2 aromatic carbocycles. The van der Waals surface area contributed by atoms with Crippen molar-refractivity contribution in [1.82, 2.24) is 4.31 Å². The number of nitrogens with one attached hydrogen (secondary N) is 1. The van der Waals surface area contributed by atoms with E-state index in [1.807, 2.05) is 19.1 Å². The van der Waals surface area contributed by atoms with E-state index >= 15 is 0 Å². The van der Waals surface area contributed by atoms with Crippen LogP contribution in [0.4, 0.5) is 15.8 Å². The van der Waals surface area contributed by atoms with Gasteiger partial charge in [0.25, 0.3) is 0 Å². The Balaban J connectivity index is 2.25. The first-order valence-corrected chi connectivity index (χ1v) is 8.92. The van der Waals surface area contributed by atoms with Crippen LogP contribution in [0.2, 0.25) is 0 Å². The lowest BCUT2D eigenvalue weighted by Gasteiger charge is -2.26. The van der Waals surface area contributed by atoms with Gasteiger partial charge in [0.2, 0.25) is 5.91 Å². The van der Waals surface area contributed by atoms with E-state index in [1.54, 1.807) is 12.1 Å². The molecule has 0 unspecified atom stereocenters. The number of halogens is 1. The van der Waals surface area contributed by atoms with Crippen LogP contribution in [0, 0.1) is 12.7 Å². The van der Waals surface area contributed by atoms with Crippen LogP contribution in [0.15, 0.2) is 48.5 Å². The van der Waals surface area contributed by atoms with E-state index in [1.165, 1.54) is 26.2 Å². The summed E-state index contributed by atoms with van der Waals surface area (Å²) < 4.78 is 40.1. The minimum Gasteiger partial charge on any atom is -0.325 e. The molecular formula is C17H20FN3O3S. The van der Waals surface area contributed by atoms with Gasteiger partial charge in [-0.1, -0.05) is 17.7 Å². The Morgan fingerprint density at radius 2 is 1.60 bits per heavy atom. The number of carbonyl (C=O) groups excluding carboxylic acids is 1. The molecule has 0 fully saturated rings.